The zero-order valence-corrected chi connectivity index (χ0v) is 18.9. The summed E-state index contributed by atoms with van der Waals surface area (Å²) >= 11 is 0. The van der Waals surface area contributed by atoms with E-state index in [0.29, 0.717) is 62.8 Å². The van der Waals surface area contributed by atoms with Crippen molar-refractivity contribution in [2.75, 3.05) is 37.6 Å². The molecule has 1 aliphatic rings. The molecule has 180 valence electrons. The number of aromatic carboxylic acids is 1. The summed E-state index contributed by atoms with van der Waals surface area (Å²) in [4.78, 5) is 42.7. The number of nitro groups is 1. The highest BCUT2D eigenvalue weighted by molar-refractivity contribution is 5.93. The maximum absolute atomic E-state index is 15.0. The summed E-state index contributed by atoms with van der Waals surface area (Å²) in [6, 6.07) is 2.73. The summed E-state index contributed by atoms with van der Waals surface area (Å²) in [5.74, 6) is -1.38. The van der Waals surface area contributed by atoms with Gasteiger partial charge in [-0.25, -0.2) is 18.7 Å². The van der Waals surface area contributed by atoms with Crippen molar-refractivity contribution in [3.8, 4) is 0 Å². The molecule has 0 spiro atoms. The average Bonchev–Trinajstić information content (AvgIpc) is 3.18. The molecule has 0 amide bonds. The van der Waals surface area contributed by atoms with Crippen molar-refractivity contribution in [1.82, 2.24) is 19.0 Å². The number of nitrogens with zero attached hydrogens (tertiary/aromatic N) is 6. The second kappa shape index (κ2) is 9.21. The minimum absolute atomic E-state index is 0.0394. The third-order valence-corrected chi connectivity index (χ3v) is 6.29. The molecule has 1 fully saturated rings. The van der Waals surface area contributed by atoms with Crippen LogP contribution in [0.4, 0.5) is 15.9 Å². The molecule has 1 aromatic carbocycles. The summed E-state index contributed by atoms with van der Waals surface area (Å²) in [5, 5.41) is 20.5. The Morgan fingerprint density at radius 1 is 1.24 bits per heavy atom. The largest absolute Gasteiger partial charge is 0.477 e. The lowest BCUT2D eigenvalue weighted by molar-refractivity contribution is -0.392. The van der Waals surface area contributed by atoms with Gasteiger partial charge < -0.3 is 24.7 Å². The highest BCUT2D eigenvalue weighted by atomic mass is 19.1. The van der Waals surface area contributed by atoms with Gasteiger partial charge in [-0.3, -0.25) is 9.69 Å². The number of anilines is 1. The van der Waals surface area contributed by atoms with Gasteiger partial charge in [-0.05, 0) is 24.0 Å². The molecule has 1 N–H and O–H groups in total. The Labute approximate surface area is 193 Å². The predicted octanol–water partition coefficient (Wildman–Crippen LogP) is 2.09. The molecule has 34 heavy (non-hydrogen) atoms. The van der Waals surface area contributed by atoms with Crippen LogP contribution in [0.25, 0.3) is 10.9 Å². The number of aryl methyl sites for hydroxylation is 2. The molecule has 4 rings (SSSR count). The number of rotatable bonds is 7. The quantitative estimate of drug-likeness (QED) is 0.409. The molecule has 11 nitrogen and oxygen atoms in total. The highest BCUT2D eigenvalue weighted by Gasteiger charge is 2.24. The minimum Gasteiger partial charge on any atom is -0.477 e. The van der Waals surface area contributed by atoms with E-state index >= 15 is 4.39 Å². The van der Waals surface area contributed by atoms with Crippen LogP contribution in [0.5, 0.6) is 0 Å². The molecule has 1 aliphatic heterocycles. The van der Waals surface area contributed by atoms with Gasteiger partial charge in [0.2, 0.25) is 5.43 Å². The smallest absolute Gasteiger partial charge is 0.342 e. The molecule has 0 radical (unpaired) electrons. The SMILES string of the molecule is CCn1cc(C(=O)O)c(=O)c2cc(F)c(N3CCN(CCn4c([N+](=O)[O-])cnc4C)CC3)cc21. The van der Waals surface area contributed by atoms with E-state index in [9.17, 15) is 24.8 Å². The number of aromatic nitrogens is 3. The lowest BCUT2D eigenvalue weighted by atomic mass is 10.1. The lowest BCUT2D eigenvalue weighted by Gasteiger charge is -2.36. The normalized spacial score (nSPS) is 14.6. The van der Waals surface area contributed by atoms with Gasteiger partial charge in [0.25, 0.3) is 0 Å². The first-order valence-corrected chi connectivity index (χ1v) is 10.9. The van der Waals surface area contributed by atoms with Gasteiger partial charge in [0, 0.05) is 57.8 Å². The van der Waals surface area contributed by atoms with E-state index in [0.717, 1.165) is 6.07 Å². The number of hydrogen-bond donors (Lipinski definition) is 1. The molecule has 3 aromatic rings. The van der Waals surface area contributed by atoms with E-state index < -0.39 is 22.1 Å². The van der Waals surface area contributed by atoms with Crippen LogP contribution in [0.2, 0.25) is 0 Å². The molecule has 12 heteroatoms. The molecule has 0 aliphatic carbocycles. The van der Waals surface area contributed by atoms with Crippen molar-refractivity contribution >= 4 is 28.4 Å². The number of hydrogen-bond acceptors (Lipinski definition) is 7. The van der Waals surface area contributed by atoms with E-state index in [1.54, 1.807) is 22.1 Å². The number of pyridine rings is 1. The lowest BCUT2D eigenvalue weighted by Crippen LogP contribution is -2.47. The van der Waals surface area contributed by atoms with Crippen LogP contribution in [0.3, 0.4) is 0 Å². The zero-order chi connectivity index (χ0) is 24.6. The second-order valence-corrected chi connectivity index (χ2v) is 8.18. The molecule has 2 aromatic heterocycles. The first kappa shape index (κ1) is 23.4. The molecule has 0 unspecified atom stereocenters. The van der Waals surface area contributed by atoms with Crippen LogP contribution >= 0.6 is 0 Å². The van der Waals surface area contributed by atoms with Crippen molar-refractivity contribution in [2.24, 2.45) is 0 Å². The van der Waals surface area contributed by atoms with E-state index in [-0.39, 0.29) is 16.8 Å². The molecule has 3 heterocycles. The fourth-order valence-corrected chi connectivity index (χ4v) is 4.39. The fourth-order valence-electron chi connectivity index (χ4n) is 4.39. The number of carboxylic acids is 1. The topological polar surface area (TPSA) is 127 Å². The average molecular weight is 472 g/mol. The molecule has 1 saturated heterocycles. The van der Waals surface area contributed by atoms with E-state index in [2.05, 4.69) is 9.88 Å². The Kier molecular flexibility index (Phi) is 6.33. The van der Waals surface area contributed by atoms with E-state index in [1.165, 1.54) is 12.4 Å². The summed E-state index contributed by atoms with van der Waals surface area (Å²) < 4.78 is 18.2. The number of benzene rings is 1. The number of carbonyl (C=O) groups is 1. The van der Waals surface area contributed by atoms with Crippen LogP contribution in [0, 0.1) is 22.9 Å². The van der Waals surface area contributed by atoms with Crippen molar-refractivity contribution < 1.29 is 19.2 Å². The number of carboxylic acid groups (broad SMARTS) is 1. The Morgan fingerprint density at radius 3 is 2.56 bits per heavy atom. The molecular formula is C22H25FN6O5. The first-order chi connectivity index (χ1) is 16.2. The number of halogens is 1. The number of imidazole rings is 1. The van der Waals surface area contributed by atoms with Gasteiger partial charge in [-0.2, -0.15) is 0 Å². The number of piperazine rings is 1. The Balaban J connectivity index is 1.51. The van der Waals surface area contributed by atoms with E-state index in [4.69, 9.17) is 0 Å². The maximum Gasteiger partial charge on any atom is 0.342 e. The number of fused-ring (bicyclic) bond motifs is 1. The fraction of sp³-hybridized carbons (Fsp3) is 0.409. The summed E-state index contributed by atoms with van der Waals surface area (Å²) in [6.45, 7) is 7.35. The van der Waals surface area contributed by atoms with Gasteiger partial charge in [-0.1, -0.05) is 0 Å². The second-order valence-electron chi connectivity index (χ2n) is 8.18. The van der Waals surface area contributed by atoms with E-state index in [1.807, 2.05) is 11.8 Å². The van der Waals surface area contributed by atoms with Crippen molar-refractivity contribution in [2.45, 2.75) is 26.9 Å². The summed E-state index contributed by atoms with van der Waals surface area (Å²) in [7, 11) is 0. The third-order valence-electron chi connectivity index (χ3n) is 6.29. The molecular weight excluding hydrogens is 447 g/mol. The maximum atomic E-state index is 15.0. The standard InChI is InChI=1S/C22H25FN6O5/c1-3-26-13-16(22(31)32)21(30)15-10-17(23)19(11-18(15)26)27-7-4-25(5-8-27)6-9-28-14(2)24-12-20(28)29(33)34/h10-13H,3-9H2,1-2H3,(H,31,32). The van der Waals surface area contributed by atoms with Crippen LogP contribution in [-0.2, 0) is 13.1 Å². The van der Waals surface area contributed by atoms with Crippen molar-refractivity contribution in [3.63, 3.8) is 0 Å². The zero-order valence-electron chi connectivity index (χ0n) is 18.9. The Hall–Kier alpha value is -3.80. The highest BCUT2D eigenvalue weighted by Crippen LogP contribution is 2.26. The Bertz CT molecular complexity index is 1330. The Morgan fingerprint density at radius 2 is 1.94 bits per heavy atom. The minimum atomic E-state index is -1.34. The summed E-state index contributed by atoms with van der Waals surface area (Å²) in [6.07, 6.45) is 2.55. The van der Waals surface area contributed by atoms with Gasteiger partial charge in [-0.15, -0.1) is 0 Å². The van der Waals surface area contributed by atoms with Gasteiger partial charge in [0.1, 0.15) is 24.1 Å². The van der Waals surface area contributed by atoms with Gasteiger partial charge in [0.05, 0.1) is 11.2 Å². The van der Waals surface area contributed by atoms with Crippen molar-refractivity contribution in [1.29, 1.82) is 0 Å². The van der Waals surface area contributed by atoms with Crippen LogP contribution in [0.1, 0.15) is 23.1 Å². The molecule has 0 saturated carbocycles. The molecule has 0 atom stereocenters. The molecule has 0 bridgehead atoms. The summed E-state index contributed by atoms with van der Waals surface area (Å²) in [5.41, 5.74) is -0.244. The third kappa shape index (κ3) is 4.23. The predicted molar refractivity (Wildman–Crippen MR) is 123 cm³/mol. The van der Waals surface area contributed by atoms with Crippen LogP contribution in [0.15, 0.2) is 29.3 Å². The monoisotopic (exact) mass is 472 g/mol. The van der Waals surface area contributed by atoms with Crippen LogP contribution < -0.4 is 10.3 Å². The van der Waals surface area contributed by atoms with Gasteiger partial charge in [0.15, 0.2) is 5.82 Å². The van der Waals surface area contributed by atoms with Crippen molar-refractivity contribution in [3.05, 3.63) is 62.1 Å². The first-order valence-electron chi connectivity index (χ1n) is 10.9. The van der Waals surface area contributed by atoms with Crippen LogP contribution in [-0.4, -0.2) is 67.7 Å². The van der Waals surface area contributed by atoms with Gasteiger partial charge >= 0.3 is 11.8 Å².